The molecule has 2 aromatic rings. The molecule has 1 aromatic carbocycles. The van der Waals surface area contributed by atoms with Gasteiger partial charge in [0.1, 0.15) is 11.3 Å². The molecule has 0 aliphatic rings. The van der Waals surface area contributed by atoms with Crippen LogP contribution in [0.15, 0.2) is 12.1 Å². The maximum absolute atomic E-state index is 13.6. The van der Waals surface area contributed by atoms with Gasteiger partial charge in [-0.15, -0.1) is 0 Å². The summed E-state index contributed by atoms with van der Waals surface area (Å²) in [6.45, 7) is 0.623. The van der Waals surface area contributed by atoms with Crippen LogP contribution >= 0.6 is 12.2 Å². The number of H-pyrrole nitrogens is 1. The molecule has 0 atom stereocenters. The van der Waals surface area contributed by atoms with Crippen molar-refractivity contribution in [1.29, 1.82) is 0 Å². The summed E-state index contributed by atoms with van der Waals surface area (Å²) in [7, 11) is 3.24. The van der Waals surface area contributed by atoms with Crippen LogP contribution in [0.4, 0.5) is 13.6 Å². The number of rotatable bonds is 3. The number of aromatic nitrogens is 2. The zero-order valence-corrected chi connectivity index (χ0v) is 11.9. The number of urea groups is 1. The van der Waals surface area contributed by atoms with Crippen molar-refractivity contribution in [3.8, 4) is 0 Å². The van der Waals surface area contributed by atoms with Gasteiger partial charge in [-0.2, -0.15) is 0 Å². The monoisotopic (exact) mass is 300 g/mol. The summed E-state index contributed by atoms with van der Waals surface area (Å²) in [6, 6.07) is 1.76. The number of fused-ring (bicyclic) bond motifs is 1. The summed E-state index contributed by atoms with van der Waals surface area (Å²) in [6.07, 6.45) is 0. The van der Waals surface area contributed by atoms with Crippen LogP contribution in [0.2, 0.25) is 0 Å². The van der Waals surface area contributed by atoms with Crippen molar-refractivity contribution < 1.29 is 13.6 Å². The Bertz CT molecular complexity index is 707. The Kier molecular flexibility index (Phi) is 4.03. The highest BCUT2D eigenvalue weighted by atomic mass is 32.1. The summed E-state index contributed by atoms with van der Waals surface area (Å²) in [5.74, 6) is -1.36. The Morgan fingerprint density at radius 1 is 1.45 bits per heavy atom. The summed E-state index contributed by atoms with van der Waals surface area (Å²) < 4.78 is 28.7. The van der Waals surface area contributed by atoms with Crippen molar-refractivity contribution in [2.75, 3.05) is 20.6 Å². The predicted molar refractivity (Wildman–Crippen MR) is 74.1 cm³/mol. The smallest absolute Gasteiger partial charge is 0.316 e. The molecule has 2 amide bonds. The number of imidazole rings is 1. The van der Waals surface area contributed by atoms with Gasteiger partial charge in [-0.1, -0.05) is 0 Å². The topological polar surface area (TPSA) is 53.1 Å². The van der Waals surface area contributed by atoms with Crippen LogP contribution in [0.1, 0.15) is 0 Å². The number of carbonyl (C=O) groups is 1. The van der Waals surface area contributed by atoms with Gasteiger partial charge in [0.2, 0.25) is 0 Å². The highest BCUT2D eigenvalue weighted by Crippen LogP contribution is 2.19. The van der Waals surface area contributed by atoms with Crippen molar-refractivity contribution in [1.82, 2.24) is 19.8 Å². The largest absolute Gasteiger partial charge is 0.336 e. The van der Waals surface area contributed by atoms with E-state index in [9.17, 15) is 13.6 Å². The molecule has 1 heterocycles. The Labute approximate surface area is 119 Å². The van der Waals surface area contributed by atoms with Crippen LogP contribution in [-0.2, 0) is 6.54 Å². The van der Waals surface area contributed by atoms with E-state index in [0.29, 0.717) is 18.6 Å². The number of amides is 2. The predicted octanol–water partition coefficient (Wildman–Crippen LogP) is 2.25. The normalized spacial score (nSPS) is 10.8. The average Bonchev–Trinajstić information content (AvgIpc) is 2.66. The van der Waals surface area contributed by atoms with Crippen molar-refractivity contribution in [2.45, 2.75) is 6.54 Å². The number of nitrogens with one attached hydrogen (secondary N) is 2. The maximum atomic E-state index is 13.6. The zero-order valence-electron chi connectivity index (χ0n) is 11.0. The minimum atomic E-state index is -0.692. The van der Waals surface area contributed by atoms with E-state index in [4.69, 9.17) is 12.2 Å². The third-order valence-corrected chi connectivity index (χ3v) is 3.14. The van der Waals surface area contributed by atoms with E-state index in [1.54, 1.807) is 18.7 Å². The lowest BCUT2D eigenvalue weighted by atomic mass is 10.3. The molecule has 0 aliphatic carbocycles. The lowest BCUT2D eigenvalue weighted by Gasteiger charge is -2.12. The zero-order chi connectivity index (χ0) is 14.9. The van der Waals surface area contributed by atoms with Crippen LogP contribution in [0.25, 0.3) is 11.0 Å². The number of hydrogen-bond donors (Lipinski definition) is 2. The summed E-state index contributed by atoms with van der Waals surface area (Å²) in [4.78, 5) is 15.5. The second kappa shape index (κ2) is 5.58. The van der Waals surface area contributed by atoms with Gasteiger partial charge in [0.15, 0.2) is 10.6 Å². The van der Waals surface area contributed by atoms with Gasteiger partial charge in [-0.25, -0.2) is 13.6 Å². The quantitative estimate of drug-likeness (QED) is 0.854. The first-order valence-corrected chi connectivity index (χ1v) is 6.33. The fraction of sp³-hybridized carbons (Fsp3) is 0.333. The Morgan fingerprint density at radius 2 is 2.15 bits per heavy atom. The van der Waals surface area contributed by atoms with Crippen molar-refractivity contribution in [3.63, 3.8) is 0 Å². The van der Waals surface area contributed by atoms with E-state index < -0.39 is 11.6 Å². The van der Waals surface area contributed by atoms with Gasteiger partial charge in [0, 0.05) is 33.3 Å². The first kappa shape index (κ1) is 14.4. The summed E-state index contributed by atoms with van der Waals surface area (Å²) in [5.41, 5.74) is 0.502. The molecule has 1 aromatic heterocycles. The molecule has 8 heteroatoms. The standard InChI is InChI=1S/C12H14F2N4OS/c1-17(2)11(19)15-3-4-18-9-6-7(13)5-8(14)10(9)16-12(18)20/h5-6H,3-4H2,1-2H3,(H,15,19)(H,16,20). The van der Waals surface area contributed by atoms with Crippen LogP contribution in [-0.4, -0.2) is 41.1 Å². The molecule has 5 nitrogen and oxygen atoms in total. The van der Waals surface area contributed by atoms with E-state index in [2.05, 4.69) is 10.3 Å². The van der Waals surface area contributed by atoms with Crippen LogP contribution in [0, 0.1) is 16.4 Å². The van der Waals surface area contributed by atoms with Crippen LogP contribution < -0.4 is 5.32 Å². The average molecular weight is 300 g/mol. The van der Waals surface area contributed by atoms with Gasteiger partial charge >= 0.3 is 6.03 Å². The minimum absolute atomic E-state index is 0.162. The highest BCUT2D eigenvalue weighted by molar-refractivity contribution is 7.71. The molecule has 108 valence electrons. The SMILES string of the molecule is CN(C)C(=O)NCCn1c(=S)[nH]c2c(F)cc(F)cc21. The third-order valence-electron chi connectivity index (χ3n) is 2.82. The number of aromatic amines is 1. The second-order valence-corrected chi connectivity index (χ2v) is 4.88. The molecular weight excluding hydrogens is 286 g/mol. The van der Waals surface area contributed by atoms with Crippen molar-refractivity contribution in [3.05, 3.63) is 28.5 Å². The molecule has 2 N–H and O–H groups in total. The van der Waals surface area contributed by atoms with Crippen LogP contribution in [0.5, 0.6) is 0 Å². The molecule has 2 rings (SSSR count). The number of nitrogens with zero attached hydrogens (tertiary/aromatic N) is 2. The van der Waals surface area contributed by atoms with Crippen molar-refractivity contribution in [2.24, 2.45) is 0 Å². The summed E-state index contributed by atoms with van der Waals surface area (Å²) in [5, 5.41) is 2.66. The van der Waals surface area contributed by atoms with E-state index >= 15 is 0 Å². The van der Waals surface area contributed by atoms with E-state index in [1.165, 1.54) is 11.0 Å². The number of halogens is 2. The van der Waals surface area contributed by atoms with Gasteiger partial charge in [-0.3, -0.25) is 0 Å². The van der Waals surface area contributed by atoms with E-state index in [-0.39, 0.29) is 16.3 Å². The molecule has 0 fully saturated rings. The van der Waals surface area contributed by atoms with Gasteiger partial charge in [-0.05, 0) is 18.3 Å². The summed E-state index contributed by atoms with van der Waals surface area (Å²) >= 11 is 5.08. The molecule has 0 saturated heterocycles. The number of carbonyl (C=O) groups excluding carboxylic acids is 1. The first-order valence-electron chi connectivity index (χ1n) is 5.93. The molecule has 20 heavy (non-hydrogen) atoms. The molecule has 0 aliphatic heterocycles. The fourth-order valence-electron chi connectivity index (χ4n) is 1.84. The number of hydrogen-bond acceptors (Lipinski definition) is 2. The van der Waals surface area contributed by atoms with Gasteiger partial charge in [0.25, 0.3) is 0 Å². The maximum Gasteiger partial charge on any atom is 0.316 e. The Hall–Kier alpha value is -1.96. The highest BCUT2D eigenvalue weighted by Gasteiger charge is 2.11. The Morgan fingerprint density at radius 3 is 2.80 bits per heavy atom. The lowest BCUT2D eigenvalue weighted by Crippen LogP contribution is -2.36. The van der Waals surface area contributed by atoms with Crippen LogP contribution in [0.3, 0.4) is 0 Å². The Balaban J connectivity index is 2.24. The molecule has 0 saturated carbocycles. The molecular formula is C12H14F2N4OS. The minimum Gasteiger partial charge on any atom is -0.336 e. The van der Waals surface area contributed by atoms with Crippen molar-refractivity contribution >= 4 is 29.3 Å². The van der Waals surface area contributed by atoms with E-state index in [0.717, 1.165) is 6.07 Å². The second-order valence-electron chi connectivity index (χ2n) is 4.49. The van der Waals surface area contributed by atoms with E-state index in [1.807, 2.05) is 0 Å². The van der Waals surface area contributed by atoms with Gasteiger partial charge < -0.3 is 19.8 Å². The molecule has 0 unspecified atom stereocenters. The molecule has 0 spiro atoms. The van der Waals surface area contributed by atoms with Gasteiger partial charge in [0.05, 0.1) is 5.52 Å². The third kappa shape index (κ3) is 2.79. The molecule has 0 radical (unpaired) electrons. The lowest BCUT2D eigenvalue weighted by molar-refractivity contribution is 0.217. The number of benzene rings is 1. The fourth-order valence-corrected chi connectivity index (χ4v) is 2.13. The first-order chi connectivity index (χ1) is 9.40. The molecule has 0 bridgehead atoms.